The molecule has 2 amide bonds. The molecule has 0 rings (SSSR count). The number of carbonyl (C=O) groups excluding carboxylic acids is 2. The zero-order valence-electron chi connectivity index (χ0n) is 18.0. The average molecular weight is 401 g/mol. The van der Waals surface area contributed by atoms with Crippen molar-refractivity contribution in [2.45, 2.75) is 64.8 Å². The summed E-state index contributed by atoms with van der Waals surface area (Å²) in [4.78, 5) is 23.4. The number of amides is 2. The molecular weight excluding hydrogens is 356 g/mol. The minimum Gasteiger partial charge on any atom is -0.356 e. The summed E-state index contributed by atoms with van der Waals surface area (Å²) in [5, 5.41) is 12.5. The molecule has 0 aliphatic heterocycles. The van der Waals surface area contributed by atoms with Crippen LogP contribution in [0.25, 0.3) is 0 Å². The highest BCUT2D eigenvalue weighted by molar-refractivity contribution is 5.81. The quantitative estimate of drug-likeness (QED) is 0.170. The van der Waals surface area contributed by atoms with Gasteiger partial charge < -0.3 is 32.7 Å². The van der Waals surface area contributed by atoms with Crippen LogP contribution in [0.3, 0.4) is 0 Å². The molecule has 0 aliphatic carbocycles. The van der Waals surface area contributed by atoms with Crippen molar-refractivity contribution in [1.29, 1.82) is 0 Å². The fraction of sp³-hybridized carbons (Fsp3) is 0.900. The van der Waals surface area contributed by atoms with E-state index in [0.29, 0.717) is 19.5 Å². The molecular formula is C20H44N6O2. The fourth-order valence-corrected chi connectivity index (χ4v) is 2.57. The minimum atomic E-state index is -0.472. The standard InChI is InChI=1S/C20H44N6O2/c1-17(2)19(27)25-15-4-3-9-18(22)20(28)26-16-8-14-24-12-6-5-11-23-13-7-10-21/h17-18,23-24H,3-16,21-22H2,1-2H3,(H,25,27)(H,26,28)/t18-/m1/s1. The van der Waals surface area contributed by atoms with Crippen LogP contribution < -0.4 is 32.7 Å². The lowest BCUT2D eigenvalue weighted by Gasteiger charge is -2.13. The van der Waals surface area contributed by atoms with Gasteiger partial charge in [0.1, 0.15) is 0 Å². The number of nitrogens with two attached hydrogens (primary N) is 2. The van der Waals surface area contributed by atoms with Gasteiger partial charge in [-0.1, -0.05) is 13.8 Å². The summed E-state index contributed by atoms with van der Waals surface area (Å²) in [6.07, 6.45) is 6.54. The SMILES string of the molecule is CC(C)C(=O)NCCCC[C@@H](N)C(=O)NCCCNCCCCNCCCN. The number of rotatable bonds is 19. The highest BCUT2D eigenvalue weighted by Crippen LogP contribution is 1.99. The van der Waals surface area contributed by atoms with Crippen LogP contribution in [0.4, 0.5) is 0 Å². The van der Waals surface area contributed by atoms with Gasteiger partial charge in [-0.25, -0.2) is 0 Å². The first-order valence-electron chi connectivity index (χ1n) is 10.9. The lowest BCUT2D eigenvalue weighted by atomic mass is 10.1. The van der Waals surface area contributed by atoms with Crippen LogP contribution in [-0.4, -0.2) is 63.7 Å². The molecule has 8 N–H and O–H groups in total. The van der Waals surface area contributed by atoms with Gasteiger partial charge in [0.05, 0.1) is 6.04 Å². The first-order valence-corrected chi connectivity index (χ1v) is 10.9. The number of nitrogens with one attached hydrogen (secondary N) is 4. The predicted molar refractivity (Wildman–Crippen MR) is 116 cm³/mol. The molecule has 0 saturated carbocycles. The van der Waals surface area contributed by atoms with E-state index in [4.69, 9.17) is 11.5 Å². The van der Waals surface area contributed by atoms with Gasteiger partial charge >= 0.3 is 0 Å². The minimum absolute atomic E-state index is 0.00555. The molecule has 1 atom stereocenters. The van der Waals surface area contributed by atoms with E-state index < -0.39 is 6.04 Å². The molecule has 0 aromatic rings. The van der Waals surface area contributed by atoms with Crippen LogP contribution in [0.5, 0.6) is 0 Å². The van der Waals surface area contributed by atoms with Crippen LogP contribution in [-0.2, 0) is 9.59 Å². The van der Waals surface area contributed by atoms with E-state index in [1.165, 1.54) is 0 Å². The first kappa shape index (κ1) is 26.8. The second-order valence-electron chi connectivity index (χ2n) is 7.54. The summed E-state index contributed by atoms with van der Waals surface area (Å²) in [5.74, 6) is -0.0180. The Hall–Kier alpha value is -1.22. The van der Waals surface area contributed by atoms with Crippen molar-refractivity contribution in [3.05, 3.63) is 0 Å². The number of hydrogen-bond donors (Lipinski definition) is 6. The van der Waals surface area contributed by atoms with E-state index in [0.717, 1.165) is 71.2 Å². The number of unbranched alkanes of at least 4 members (excludes halogenated alkanes) is 2. The lowest BCUT2D eigenvalue weighted by Crippen LogP contribution is -2.41. The zero-order valence-corrected chi connectivity index (χ0v) is 18.0. The highest BCUT2D eigenvalue weighted by atomic mass is 16.2. The molecule has 0 aliphatic rings. The molecule has 0 saturated heterocycles. The lowest BCUT2D eigenvalue weighted by molar-refractivity contribution is -0.124. The Labute approximate surface area is 171 Å². The van der Waals surface area contributed by atoms with E-state index in [2.05, 4.69) is 21.3 Å². The van der Waals surface area contributed by atoms with E-state index >= 15 is 0 Å². The molecule has 0 aromatic heterocycles. The van der Waals surface area contributed by atoms with E-state index in [1.807, 2.05) is 13.8 Å². The summed E-state index contributed by atoms with van der Waals surface area (Å²) in [6.45, 7) is 9.70. The number of carbonyl (C=O) groups is 2. The van der Waals surface area contributed by atoms with Gasteiger partial charge in [0, 0.05) is 19.0 Å². The maximum atomic E-state index is 11.9. The molecule has 0 heterocycles. The van der Waals surface area contributed by atoms with Crippen LogP contribution in [0.15, 0.2) is 0 Å². The Balaban J connectivity index is 3.40. The number of hydrogen-bond acceptors (Lipinski definition) is 6. The van der Waals surface area contributed by atoms with Crippen molar-refractivity contribution in [2.24, 2.45) is 17.4 Å². The molecule has 0 aromatic carbocycles. The summed E-state index contributed by atoms with van der Waals surface area (Å²) in [7, 11) is 0. The van der Waals surface area contributed by atoms with E-state index in [9.17, 15) is 9.59 Å². The Morgan fingerprint density at radius 1 is 0.714 bits per heavy atom. The van der Waals surface area contributed by atoms with Gasteiger partial charge in [-0.15, -0.1) is 0 Å². The maximum absolute atomic E-state index is 11.9. The van der Waals surface area contributed by atoms with Crippen molar-refractivity contribution >= 4 is 11.8 Å². The maximum Gasteiger partial charge on any atom is 0.236 e. The van der Waals surface area contributed by atoms with Gasteiger partial charge in [-0.2, -0.15) is 0 Å². The van der Waals surface area contributed by atoms with E-state index in [1.54, 1.807) is 0 Å². The highest BCUT2D eigenvalue weighted by Gasteiger charge is 2.12. The van der Waals surface area contributed by atoms with Gasteiger partial charge in [0.25, 0.3) is 0 Å². The van der Waals surface area contributed by atoms with Gasteiger partial charge in [0.15, 0.2) is 0 Å². The third-order valence-electron chi connectivity index (χ3n) is 4.45. The van der Waals surface area contributed by atoms with Crippen molar-refractivity contribution in [3.63, 3.8) is 0 Å². The first-order chi connectivity index (χ1) is 13.5. The normalized spacial score (nSPS) is 12.2. The smallest absolute Gasteiger partial charge is 0.236 e. The van der Waals surface area contributed by atoms with Crippen LogP contribution in [0, 0.1) is 5.92 Å². The summed E-state index contributed by atoms with van der Waals surface area (Å²) < 4.78 is 0. The fourth-order valence-electron chi connectivity index (χ4n) is 2.57. The van der Waals surface area contributed by atoms with Gasteiger partial charge in [-0.05, 0) is 77.7 Å². The molecule has 0 unspecified atom stereocenters. The second kappa shape index (κ2) is 19.1. The zero-order chi connectivity index (χ0) is 21.0. The molecule has 166 valence electrons. The summed E-state index contributed by atoms with van der Waals surface area (Å²) in [5.41, 5.74) is 11.4. The van der Waals surface area contributed by atoms with Crippen LogP contribution in [0.2, 0.25) is 0 Å². The molecule has 0 fully saturated rings. The Bertz CT molecular complexity index is 393. The third-order valence-corrected chi connectivity index (χ3v) is 4.45. The van der Waals surface area contributed by atoms with Crippen molar-refractivity contribution in [1.82, 2.24) is 21.3 Å². The average Bonchev–Trinajstić information content (AvgIpc) is 2.67. The van der Waals surface area contributed by atoms with Crippen molar-refractivity contribution in [2.75, 3.05) is 45.8 Å². The molecule has 0 bridgehead atoms. The summed E-state index contributed by atoms with van der Waals surface area (Å²) >= 11 is 0. The molecule has 0 spiro atoms. The molecule has 8 heteroatoms. The second-order valence-corrected chi connectivity index (χ2v) is 7.54. The molecule has 0 radical (unpaired) electrons. The van der Waals surface area contributed by atoms with Crippen LogP contribution >= 0.6 is 0 Å². The largest absolute Gasteiger partial charge is 0.356 e. The van der Waals surface area contributed by atoms with Crippen molar-refractivity contribution < 1.29 is 9.59 Å². The Kier molecular flexibility index (Phi) is 18.3. The summed E-state index contributed by atoms with van der Waals surface area (Å²) in [6, 6.07) is -0.472. The van der Waals surface area contributed by atoms with Gasteiger partial charge in [0.2, 0.25) is 11.8 Å². The third kappa shape index (κ3) is 16.9. The monoisotopic (exact) mass is 400 g/mol. The van der Waals surface area contributed by atoms with Crippen LogP contribution in [0.1, 0.15) is 58.8 Å². The van der Waals surface area contributed by atoms with Gasteiger partial charge in [-0.3, -0.25) is 9.59 Å². The molecule has 8 nitrogen and oxygen atoms in total. The predicted octanol–water partition coefficient (Wildman–Crippen LogP) is 0.0707. The van der Waals surface area contributed by atoms with E-state index in [-0.39, 0.29) is 17.7 Å². The Morgan fingerprint density at radius 2 is 1.21 bits per heavy atom. The topological polar surface area (TPSA) is 134 Å². The molecule has 28 heavy (non-hydrogen) atoms. The Morgan fingerprint density at radius 3 is 1.82 bits per heavy atom. The van der Waals surface area contributed by atoms with Crippen molar-refractivity contribution in [3.8, 4) is 0 Å².